The van der Waals surface area contributed by atoms with Crippen molar-refractivity contribution in [1.82, 2.24) is 9.21 Å². The topological polar surface area (TPSA) is 78.0 Å². The van der Waals surface area contributed by atoms with Gasteiger partial charge in [-0.15, -0.1) is 0 Å². The van der Waals surface area contributed by atoms with Crippen LogP contribution in [0.1, 0.15) is 17.5 Å². The molecule has 2 fully saturated rings. The van der Waals surface area contributed by atoms with Crippen molar-refractivity contribution in [2.45, 2.75) is 31.2 Å². The Labute approximate surface area is 187 Å². The van der Waals surface area contributed by atoms with Gasteiger partial charge in [-0.2, -0.15) is 4.31 Å². The molecule has 2 amide bonds. The van der Waals surface area contributed by atoms with Gasteiger partial charge in [-0.3, -0.25) is 14.5 Å². The quantitative estimate of drug-likeness (QED) is 0.654. The molecular weight excluding hydrogens is 438 g/mol. The van der Waals surface area contributed by atoms with Gasteiger partial charge in [0.2, 0.25) is 15.9 Å². The summed E-state index contributed by atoms with van der Waals surface area (Å²) in [5, 5.41) is 0.528. The summed E-state index contributed by atoms with van der Waals surface area (Å²) in [6.45, 7) is 5.16. The van der Waals surface area contributed by atoms with E-state index in [4.69, 9.17) is 11.6 Å². The highest BCUT2D eigenvalue weighted by atomic mass is 35.5. The molecule has 1 unspecified atom stereocenters. The van der Waals surface area contributed by atoms with Crippen molar-refractivity contribution in [3.8, 4) is 0 Å². The van der Waals surface area contributed by atoms with E-state index < -0.39 is 16.1 Å². The lowest BCUT2D eigenvalue weighted by Crippen LogP contribution is -2.53. The van der Waals surface area contributed by atoms with Crippen LogP contribution in [-0.4, -0.2) is 61.7 Å². The Kier molecular flexibility index (Phi) is 5.91. The van der Waals surface area contributed by atoms with E-state index in [2.05, 4.69) is 0 Å². The van der Waals surface area contributed by atoms with Crippen molar-refractivity contribution in [2.75, 3.05) is 31.1 Å². The normalized spacial score (nSPS) is 21.1. The van der Waals surface area contributed by atoms with Crippen LogP contribution >= 0.6 is 11.6 Å². The highest BCUT2D eigenvalue weighted by molar-refractivity contribution is 7.89. The molecule has 0 N–H and O–H groups in total. The number of anilines is 1. The smallest absolute Gasteiger partial charge is 0.251 e. The molecule has 2 aliphatic rings. The number of halogens is 1. The van der Waals surface area contributed by atoms with Crippen molar-refractivity contribution in [1.29, 1.82) is 0 Å². The summed E-state index contributed by atoms with van der Waals surface area (Å²) in [6.07, 6.45) is 0.0887. The Morgan fingerprint density at radius 1 is 0.903 bits per heavy atom. The predicted molar refractivity (Wildman–Crippen MR) is 119 cm³/mol. The minimum atomic E-state index is -3.60. The van der Waals surface area contributed by atoms with Gasteiger partial charge < -0.3 is 0 Å². The zero-order valence-electron chi connectivity index (χ0n) is 17.4. The lowest BCUT2D eigenvalue weighted by Gasteiger charge is -2.36. The van der Waals surface area contributed by atoms with Crippen molar-refractivity contribution in [3.63, 3.8) is 0 Å². The largest absolute Gasteiger partial charge is 0.289 e. The number of hydrogen-bond donors (Lipinski definition) is 0. The maximum absolute atomic E-state index is 13.0. The average molecular weight is 462 g/mol. The van der Waals surface area contributed by atoms with Gasteiger partial charge in [-0.25, -0.2) is 13.3 Å². The Balaban J connectivity index is 1.45. The van der Waals surface area contributed by atoms with Crippen molar-refractivity contribution in [3.05, 3.63) is 58.6 Å². The molecule has 0 bridgehead atoms. The second-order valence-electron chi connectivity index (χ2n) is 7.95. The van der Waals surface area contributed by atoms with Gasteiger partial charge in [0.25, 0.3) is 5.91 Å². The van der Waals surface area contributed by atoms with Gasteiger partial charge in [0.15, 0.2) is 0 Å². The van der Waals surface area contributed by atoms with E-state index in [1.165, 1.54) is 9.21 Å². The van der Waals surface area contributed by atoms with Gasteiger partial charge >= 0.3 is 0 Å². The van der Waals surface area contributed by atoms with Gasteiger partial charge in [-0.05, 0) is 61.4 Å². The molecule has 2 heterocycles. The molecule has 2 saturated heterocycles. The summed E-state index contributed by atoms with van der Waals surface area (Å²) in [5.41, 5.74) is 2.47. The van der Waals surface area contributed by atoms with E-state index in [9.17, 15) is 18.0 Å². The number of rotatable bonds is 4. The molecule has 2 aromatic carbocycles. The lowest BCUT2D eigenvalue weighted by molar-refractivity contribution is -0.123. The Morgan fingerprint density at radius 3 is 2.16 bits per heavy atom. The SMILES string of the molecule is Cc1ccc(S(=O)(=O)N2CCN(C3CC(=O)N(c4ccc(Cl)cc4)C3=O)CC2)cc1C. The Morgan fingerprint density at radius 2 is 1.55 bits per heavy atom. The van der Waals surface area contributed by atoms with Crippen molar-refractivity contribution >= 4 is 39.1 Å². The fourth-order valence-corrected chi connectivity index (χ4v) is 5.68. The number of amides is 2. The van der Waals surface area contributed by atoms with Gasteiger partial charge in [0, 0.05) is 31.2 Å². The molecule has 164 valence electrons. The third kappa shape index (κ3) is 4.13. The van der Waals surface area contributed by atoms with E-state index in [0.717, 1.165) is 11.1 Å². The molecule has 0 spiro atoms. The fraction of sp³-hybridized carbons (Fsp3) is 0.364. The average Bonchev–Trinajstić information content (AvgIpc) is 3.05. The fourth-order valence-electron chi connectivity index (χ4n) is 4.04. The molecular formula is C22H24ClN3O4S. The predicted octanol–water partition coefficient (Wildman–Crippen LogP) is 2.60. The first kappa shape index (κ1) is 22.0. The second kappa shape index (κ2) is 8.35. The van der Waals surface area contributed by atoms with E-state index in [1.54, 1.807) is 36.4 Å². The third-order valence-electron chi connectivity index (χ3n) is 6.04. The molecule has 0 saturated carbocycles. The highest BCUT2D eigenvalue weighted by Gasteiger charge is 2.44. The summed E-state index contributed by atoms with van der Waals surface area (Å²) in [4.78, 5) is 28.9. The molecule has 0 aliphatic carbocycles. The second-order valence-corrected chi connectivity index (χ2v) is 10.3. The van der Waals surface area contributed by atoms with Crippen LogP contribution in [0.25, 0.3) is 0 Å². The third-order valence-corrected chi connectivity index (χ3v) is 8.18. The summed E-state index contributed by atoms with van der Waals surface area (Å²) in [7, 11) is -3.60. The van der Waals surface area contributed by atoms with Crippen LogP contribution in [0.4, 0.5) is 5.69 Å². The molecule has 0 radical (unpaired) electrons. The van der Waals surface area contributed by atoms with E-state index in [0.29, 0.717) is 23.8 Å². The van der Waals surface area contributed by atoms with Crippen LogP contribution in [0.2, 0.25) is 5.02 Å². The molecule has 2 aromatic rings. The number of hydrogen-bond acceptors (Lipinski definition) is 5. The van der Waals surface area contributed by atoms with Crippen molar-refractivity contribution < 1.29 is 18.0 Å². The van der Waals surface area contributed by atoms with E-state index in [1.807, 2.05) is 24.8 Å². The minimum absolute atomic E-state index is 0.0887. The first-order chi connectivity index (χ1) is 14.7. The molecule has 0 aromatic heterocycles. The number of benzene rings is 2. The number of carbonyl (C=O) groups excluding carboxylic acids is 2. The number of sulfonamides is 1. The van der Waals surface area contributed by atoms with Gasteiger partial charge in [-0.1, -0.05) is 17.7 Å². The standard InChI is InChI=1S/C22H24ClN3O4S/c1-15-3-8-19(13-16(15)2)31(29,30)25-11-9-24(10-12-25)20-14-21(27)26(22(20)28)18-6-4-17(23)5-7-18/h3-8,13,20H,9-12,14H2,1-2H3. The van der Waals surface area contributed by atoms with Crippen LogP contribution in [-0.2, 0) is 19.6 Å². The number of aryl methyl sites for hydroxylation is 2. The van der Waals surface area contributed by atoms with Gasteiger partial charge in [0.05, 0.1) is 23.0 Å². The number of carbonyl (C=O) groups is 2. The minimum Gasteiger partial charge on any atom is -0.289 e. The summed E-state index contributed by atoms with van der Waals surface area (Å²) in [6, 6.07) is 11.1. The molecule has 31 heavy (non-hydrogen) atoms. The van der Waals surface area contributed by atoms with Crippen LogP contribution in [0.3, 0.4) is 0 Å². The molecule has 2 aliphatic heterocycles. The van der Waals surface area contributed by atoms with E-state index in [-0.39, 0.29) is 36.2 Å². The van der Waals surface area contributed by atoms with Crippen LogP contribution in [0.5, 0.6) is 0 Å². The summed E-state index contributed by atoms with van der Waals surface area (Å²) < 4.78 is 27.5. The van der Waals surface area contributed by atoms with Gasteiger partial charge in [0.1, 0.15) is 0 Å². The number of nitrogens with zero attached hydrogens (tertiary/aromatic N) is 3. The number of piperazine rings is 1. The molecule has 9 heteroatoms. The van der Waals surface area contributed by atoms with Crippen LogP contribution < -0.4 is 4.90 Å². The lowest BCUT2D eigenvalue weighted by atomic mass is 10.1. The zero-order valence-corrected chi connectivity index (χ0v) is 19.0. The molecule has 7 nitrogen and oxygen atoms in total. The van der Waals surface area contributed by atoms with Crippen LogP contribution in [0, 0.1) is 13.8 Å². The first-order valence-electron chi connectivity index (χ1n) is 10.1. The van der Waals surface area contributed by atoms with Crippen molar-refractivity contribution in [2.24, 2.45) is 0 Å². The van der Waals surface area contributed by atoms with Crippen LogP contribution in [0.15, 0.2) is 47.4 Å². The zero-order chi connectivity index (χ0) is 22.3. The highest BCUT2D eigenvalue weighted by Crippen LogP contribution is 2.28. The molecule has 4 rings (SSSR count). The summed E-state index contributed by atoms with van der Waals surface area (Å²) in [5.74, 6) is -0.541. The Hall–Kier alpha value is -2.26. The monoisotopic (exact) mass is 461 g/mol. The maximum Gasteiger partial charge on any atom is 0.251 e. The number of imide groups is 1. The first-order valence-corrected chi connectivity index (χ1v) is 11.9. The summed E-state index contributed by atoms with van der Waals surface area (Å²) >= 11 is 5.90. The maximum atomic E-state index is 13.0. The van der Waals surface area contributed by atoms with E-state index >= 15 is 0 Å². The Bertz CT molecular complexity index is 1130. The molecule has 1 atom stereocenters.